The van der Waals surface area contributed by atoms with Gasteiger partial charge in [-0.2, -0.15) is 4.31 Å². The summed E-state index contributed by atoms with van der Waals surface area (Å²) in [7, 11) is -2.04. The van der Waals surface area contributed by atoms with Crippen LogP contribution in [-0.2, 0) is 14.8 Å². The van der Waals surface area contributed by atoms with Gasteiger partial charge in [0.25, 0.3) is 0 Å². The molecule has 0 unspecified atom stereocenters. The Morgan fingerprint density at radius 2 is 1.96 bits per heavy atom. The summed E-state index contributed by atoms with van der Waals surface area (Å²) in [5.74, 6) is 0.320. The average molecular weight is 354 g/mol. The molecule has 1 N–H and O–H groups in total. The van der Waals surface area contributed by atoms with Crippen LogP contribution in [0.3, 0.4) is 0 Å². The fourth-order valence-corrected chi connectivity index (χ4v) is 4.29. The number of sulfonamides is 1. The zero-order valence-electron chi connectivity index (χ0n) is 14.4. The average Bonchev–Trinajstić information content (AvgIpc) is 2.60. The molecule has 1 heterocycles. The zero-order valence-corrected chi connectivity index (χ0v) is 15.2. The number of rotatable bonds is 7. The molecule has 7 heteroatoms. The first-order valence-electron chi connectivity index (χ1n) is 8.47. The van der Waals surface area contributed by atoms with E-state index in [-0.39, 0.29) is 10.8 Å². The number of hydrogen-bond donors (Lipinski definition) is 1. The highest BCUT2D eigenvalue weighted by Crippen LogP contribution is 2.30. The number of piperidine rings is 1. The van der Waals surface area contributed by atoms with E-state index in [1.54, 1.807) is 6.07 Å². The minimum absolute atomic E-state index is 0.136. The molecule has 6 nitrogen and oxygen atoms in total. The second-order valence-corrected chi connectivity index (χ2v) is 7.92. The number of hydrogen-bond acceptors (Lipinski definition) is 4. The van der Waals surface area contributed by atoms with E-state index in [4.69, 9.17) is 4.74 Å². The summed E-state index contributed by atoms with van der Waals surface area (Å²) >= 11 is 0. The SMILES string of the molecule is CCCCC(=O)Nc1cc(S(=O)(=O)N2CCCCC2)ccc1OC. The van der Waals surface area contributed by atoms with Crippen LogP contribution in [0.5, 0.6) is 5.75 Å². The first-order chi connectivity index (χ1) is 11.5. The molecule has 0 saturated carbocycles. The molecular formula is C17H26N2O4S. The Balaban J connectivity index is 2.25. The number of nitrogens with zero attached hydrogens (tertiary/aromatic N) is 1. The van der Waals surface area contributed by atoms with Crippen LogP contribution in [-0.4, -0.2) is 38.8 Å². The lowest BCUT2D eigenvalue weighted by Gasteiger charge is -2.26. The van der Waals surface area contributed by atoms with Crippen LogP contribution >= 0.6 is 0 Å². The van der Waals surface area contributed by atoms with Crippen LogP contribution < -0.4 is 10.1 Å². The molecule has 1 amide bonds. The van der Waals surface area contributed by atoms with Crippen LogP contribution in [0.15, 0.2) is 23.1 Å². The molecule has 1 aliphatic rings. The van der Waals surface area contributed by atoms with E-state index in [9.17, 15) is 13.2 Å². The zero-order chi connectivity index (χ0) is 17.6. The minimum Gasteiger partial charge on any atom is -0.495 e. The number of anilines is 1. The molecule has 2 rings (SSSR count). The molecule has 1 fully saturated rings. The third kappa shape index (κ3) is 4.48. The van der Waals surface area contributed by atoms with Gasteiger partial charge in [-0.25, -0.2) is 8.42 Å². The van der Waals surface area contributed by atoms with E-state index in [2.05, 4.69) is 5.32 Å². The van der Waals surface area contributed by atoms with Gasteiger partial charge in [-0.05, 0) is 37.5 Å². The molecule has 0 aliphatic carbocycles. The smallest absolute Gasteiger partial charge is 0.243 e. The second kappa shape index (κ2) is 8.48. The van der Waals surface area contributed by atoms with Crippen LogP contribution in [0, 0.1) is 0 Å². The number of unbranched alkanes of at least 4 members (excludes halogenated alkanes) is 1. The van der Waals surface area contributed by atoms with Gasteiger partial charge in [0.1, 0.15) is 5.75 Å². The van der Waals surface area contributed by atoms with E-state index < -0.39 is 10.0 Å². The number of amides is 1. The lowest BCUT2D eigenvalue weighted by molar-refractivity contribution is -0.116. The van der Waals surface area contributed by atoms with Crippen molar-refractivity contribution in [1.29, 1.82) is 0 Å². The van der Waals surface area contributed by atoms with E-state index >= 15 is 0 Å². The number of nitrogens with one attached hydrogen (secondary N) is 1. The van der Waals surface area contributed by atoms with Crippen molar-refractivity contribution < 1.29 is 17.9 Å². The van der Waals surface area contributed by atoms with Gasteiger partial charge < -0.3 is 10.1 Å². The summed E-state index contributed by atoms with van der Waals surface area (Å²) in [6.45, 7) is 3.11. The highest BCUT2D eigenvalue weighted by molar-refractivity contribution is 7.89. The highest BCUT2D eigenvalue weighted by atomic mass is 32.2. The third-order valence-corrected chi connectivity index (χ3v) is 6.05. The topological polar surface area (TPSA) is 75.7 Å². The quantitative estimate of drug-likeness (QED) is 0.817. The molecular weight excluding hydrogens is 328 g/mol. The number of benzene rings is 1. The largest absolute Gasteiger partial charge is 0.495 e. The molecule has 1 aromatic carbocycles. The Hall–Kier alpha value is -1.60. The van der Waals surface area contributed by atoms with Gasteiger partial charge in [0.2, 0.25) is 15.9 Å². The van der Waals surface area contributed by atoms with Crippen molar-refractivity contribution in [3.8, 4) is 5.75 Å². The van der Waals surface area contributed by atoms with Gasteiger partial charge in [0.05, 0.1) is 17.7 Å². The molecule has 1 saturated heterocycles. The van der Waals surface area contributed by atoms with E-state index in [0.29, 0.717) is 30.9 Å². The van der Waals surface area contributed by atoms with Gasteiger partial charge in [0.15, 0.2) is 0 Å². The summed E-state index contributed by atoms with van der Waals surface area (Å²) in [4.78, 5) is 12.2. The summed E-state index contributed by atoms with van der Waals surface area (Å²) in [5.41, 5.74) is 0.400. The van der Waals surface area contributed by atoms with Crippen molar-refractivity contribution in [1.82, 2.24) is 4.31 Å². The fourth-order valence-electron chi connectivity index (χ4n) is 2.75. The molecule has 0 bridgehead atoms. The lowest BCUT2D eigenvalue weighted by Crippen LogP contribution is -2.35. The number of carbonyl (C=O) groups is 1. The number of ether oxygens (including phenoxy) is 1. The molecule has 0 atom stereocenters. The van der Waals surface area contributed by atoms with Gasteiger partial charge >= 0.3 is 0 Å². The molecule has 0 radical (unpaired) electrons. The summed E-state index contributed by atoms with van der Waals surface area (Å²) < 4.78 is 32.3. The first-order valence-corrected chi connectivity index (χ1v) is 9.91. The van der Waals surface area contributed by atoms with Crippen LogP contribution in [0.2, 0.25) is 0 Å². The molecule has 0 aromatic heterocycles. The maximum Gasteiger partial charge on any atom is 0.243 e. The molecule has 0 spiro atoms. The summed E-state index contributed by atoms with van der Waals surface area (Å²) in [5, 5.41) is 2.76. The van der Waals surface area contributed by atoms with Crippen molar-refractivity contribution in [3.63, 3.8) is 0 Å². The van der Waals surface area contributed by atoms with Crippen molar-refractivity contribution >= 4 is 21.6 Å². The number of carbonyl (C=O) groups excluding carboxylic acids is 1. The Morgan fingerprint density at radius 3 is 2.58 bits per heavy atom. The van der Waals surface area contributed by atoms with Gasteiger partial charge in [-0.3, -0.25) is 4.79 Å². The molecule has 1 aromatic rings. The van der Waals surface area contributed by atoms with Crippen molar-refractivity contribution in [2.45, 2.75) is 50.3 Å². The van der Waals surface area contributed by atoms with E-state index in [1.807, 2.05) is 6.92 Å². The Morgan fingerprint density at radius 1 is 1.25 bits per heavy atom. The van der Waals surface area contributed by atoms with Crippen molar-refractivity contribution in [3.05, 3.63) is 18.2 Å². The normalized spacial score (nSPS) is 15.9. The second-order valence-electron chi connectivity index (χ2n) is 5.98. The van der Waals surface area contributed by atoms with Crippen LogP contribution in [0.4, 0.5) is 5.69 Å². The van der Waals surface area contributed by atoms with Gasteiger partial charge in [-0.1, -0.05) is 19.8 Å². The highest BCUT2D eigenvalue weighted by Gasteiger charge is 2.26. The maximum absolute atomic E-state index is 12.8. The van der Waals surface area contributed by atoms with Crippen LogP contribution in [0.25, 0.3) is 0 Å². The van der Waals surface area contributed by atoms with E-state index in [1.165, 1.54) is 23.5 Å². The third-order valence-electron chi connectivity index (χ3n) is 4.16. The first kappa shape index (κ1) is 18.7. The minimum atomic E-state index is -3.54. The lowest BCUT2D eigenvalue weighted by atomic mass is 10.2. The van der Waals surface area contributed by atoms with Crippen molar-refractivity contribution in [2.75, 3.05) is 25.5 Å². The Bertz CT molecular complexity index is 667. The standard InChI is InChI=1S/C17H26N2O4S/c1-3-4-8-17(20)18-15-13-14(9-10-16(15)23-2)24(21,22)19-11-6-5-7-12-19/h9-10,13H,3-8,11-12H2,1-2H3,(H,18,20). The fraction of sp³-hybridized carbons (Fsp3) is 0.588. The Kier molecular flexibility index (Phi) is 6.62. The van der Waals surface area contributed by atoms with Gasteiger partial charge in [0, 0.05) is 19.5 Å². The predicted octanol–water partition coefficient (Wildman–Crippen LogP) is 3.00. The monoisotopic (exact) mass is 354 g/mol. The molecule has 134 valence electrons. The molecule has 1 aliphatic heterocycles. The summed E-state index contributed by atoms with van der Waals surface area (Å²) in [6, 6.07) is 4.61. The van der Waals surface area contributed by atoms with E-state index in [0.717, 1.165) is 32.1 Å². The number of methoxy groups -OCH3 is 1. The predicted molar refractivity (Wildman–Crippen MR) is 93.8 cm³/mol. The van der Waals surface area contributed by atoms with Crippen molar-refractivity contribution in [2.24, 2.45) is 0 Å². The van der Waals surface area contributed by atoms with Gasteiger partial charge in [-0.15, -0.1) is 0 Å². The van der Waals surface area contributed by atoms with Crippen LogP contribution in [0.1, 0.15) is 45.4 Å². The summed E-state index contributed by atoms with van der Waals surface area (Å²) in [6.07, 6.45) is 4.95. The Labute approximate surface area is 144 Å². The molecule has 24 heavy (non-hydrogen) atoms. The maximum atomic E-state index is 12.8.